The van der Waals surface area contributed by atoms with Gasteiger partial charge in [-0.3, -0.25) is 0 Å². The maximum absolute atomic E-state index is 3.79. The smallest absolute Gasteiger partial charge is 0.0452 e. The largest absolute Gasteiger partial charge is 0.358 e. The monoisotopic (exact) mass is 175 g/mol. The molecule has 1 heteroatoms. The van der Waals surface area contributed by atoms with Gasteiger partial charge in [0.05, 0.1) is 0 Å². The highest BCUT2D eigenvalue weighted by Crippen LogP contribution is 2.20. The van der Waals surface area contributed by atoms with E-state index in [2.05, 4.69) is 44.5 Å². The molecule has 1 rings (SSSR count). The van der Waals surface area contributed by atoms with Crippen LogP contribution in [0.1, 0.15) is 35.9 Å². The molecule has 1 aromatic rings. The van der Waals surface area contributed by atoms with Crippen molar-refractivity contribution in [2.24, 2.45) is 0 Å². The van der Waals surface area contributed by atoms with Crippen LogP contribution in [-0.4, -0.2) is 4.98 Å². The number of nitrogens with one attached hydrogen (secondary N) is 1. The number of aromatic amines is 1. The molecule has 0 saturated carbocycles. The van der Waals surface area contributed by atoms with E-state index in [0.717, 1.165) is 12.1 Å². The molecule has 1 nitrogen and oxygen atoms in total. The summed E-state index contributed by atoms with van der Waals surface area (Å²) >= 11 is 0. The van der Waals surface area contributed by atoms with Crippen molar-refractivity contribution in [2.45, 2.75) is 27.2 Å². The van der Waals surface area contributed by atoms with E-state index < -0.39 is 0 Å². The molecule has 1 N–H and O–H groups in total. The van der Waals surface area contributed by atoms with Crippen LogP contribution in [0.2, 0.25) is 0 Å². The number of aromatic nitrogens is 1. The van der Waals surface area contributed by atoms with Crippen molar-refractivity contribution in [2.75, 3.05) is 0 Å². The van der Waals surface area contributed by atoms with E-state index in [0.29, 0.717) is 0 Å². The predicted molar refractivity (Wildman–Crippen MR) is 59.7 cm³/mol. The molecule has 0 unspecified atom stereocenters. The summed E-state index contributed by atoms with van der Waals surface area (Å²) < 4.78 is 0. The molecule has 0 aliphatic carbocycles. The summed E-state index contributed by atoms with van der Waals surface area (Å²) in [5.74, 6) is 0. The van der Waals surface area contributed by atoms with Crippen LogP contribution in [0.3, 0.4) is 0 Å². The molecule has 0 saturated heterocycles. The number of allylic oxidation sites excluding steroid dienone is 1. The Hall–Kier alpha value is -1.24. The molecule has 70 valence electrons. The van der Waals surface area contributed by atoms with E-state index in [1.165, 1.54) is 16.8 Å². The summed E-state index contributed by atoms with van der Waals surface area (Å²) in [6.45, 7) is 10.1. The minimum Gasteiger partial charge on any atom is -0.358 e. The SMILES string of the molecule is C=Cc1[nH]c(C)c(C)c1/C=C\CC. The Labute approximate surface area is 80.2 Å². The lowest BCUT2D eigenvalue weighted by Crippen LogP contribution is -1.76. The van der Waals surface area contributed by atoms with Gasteiger partial charge in [0.2, 0.25) is 0 Å². The summed E-state index contributed by atoms with van der Waals surface area (Å²) in [7, 11) is 0. The van der Waals surface area contributed by atoms with Crippen molar-refractivity contribution in [3.63, 3.8) is 0 Å². The number of hydrogen-bond donors (Lipinski definition) is 1. The standard InChI is InChI=1S/C12H17N/c1-5-7-8-11-9(3)10(4)13-12(11)6-2/h6-8,13H,2,5H2,1,3-4H3/b8-7-. The molecule has 0 fully saturated rings. The van der Waals surface area contributed by atoms with Crippen LogP contribution in [0, 0.1) is 13.8 Å². The maximum atomic E-state index is 3.79. The van der Waals surface area contributed by atoms with E-state index in [4.69, 9.17) is 0 Å². The molecule has 1 heterocycles. The zero-order valence-corrected chi connectivity index (χ0v) is 8.65. The Bertz CT molecular complexity index is 329. The highest BCUT2D eigenvalue weighted by molar-refractivity contribution is 5.66. The predicted octanol–water partition coefficient (Wildman–Crippen LogP) is 3.70. The third-order valence-electron chi connectivity index (χ3n) is 2.30. The van der Waals surface area contributed by atoms with Gasteiger partial charge in [-0.1, -0.05) is 25.7 Å². The number of aryl methyl sites for hydroxylation is 1. The molecule has 1 aromatic heterocycles. The maximum Gasteiger partial charge on any atom is 0.0452 e. The molecule has 0 aliphatic heterocycles. The van der Waals surface area contributed by atoms with Gasteiger partial charge in [-0.2, -0.15) is 0 Å². The van der Waals surface area contributed by atoms with Crippen LogP contribution >= 0.6 is 0 Å². The second kappa shape index (κ2) is 4.13. The second-order valence-electron chi connectivity index (χ2n) is 3.22. The van der Waals surface area contributed by atoms with Crippen LogP contribution in [0.25, 0.3) is 12.2 Å². The highest BCUT2D eigenvalue weighted by atomic mass is 14.7. The summed E-state index contributed by atoms with van der Waals surface area (Å²) in [5.41, 5.74) is 4.94. The number of H-pyrrole nitrogens is 1. The molecule has 13 heavy (non-hydrogen) atoms. The second-order valence-corrected chi connectivity index (χ2v) is 3.22. The molecule has 0 spiro atoms. The zero-order valence-electron chi connectivity index (χ0n) is 8.65. The fourth-order valence-electron chi connectivity index (χ4n) is 1.38. The van der Waals surface area contributed by atoms with Gasteiger partial charge in [-0.15, -0.1) is 0 Å². The highest BCUT2D eigenvalue weighted by Gasteiger charge is 2.05. The third-order valence-corrected chi connectivity index (χ3v) is 2.30. The van der Waals surface area contributed by atoms with Gasteiger partial charge in [0.25, 0.3) is 0 Å². The van der Waals surface area contributed by atoms with Gasteiger partial charge in [-0.25, -0.2) is 0 Å². The van der Waals surface area contributed by atoms with E-state index in [1.54, 1.807) is 0 Å². The van der Waals surface area contributed by atoms with Crippen LogP contribution in [0.5, 0.6) is 0 Å². The first-order valence-corrected chi connectivity index (χ1v) is 4.68. The van der Waals surface area contributed by atoms with Crippen molar-refractivity contribution >= 4 is 12.2 Å². The van der Waals surface area contributed by atoms with Crippen LogP contribution in [0.15, 0.2) is 12.7 Å². The topological polar surface area (TPSA) is 15.8 Å². The molecular weight excluding hydrogens is 158 g/mol. The van der Waals surface area contributed by atoms with Gasteiger partial charge >= 0.3 is 0 Å². The van der Waals surface area contributed by atoms with Crippen LogP contribution < -0.4 is 0 Å². The fourth-order valence-corrected chi connectivity index (χ4v) is 1.38. The van der Waals surface area contributed by atoms with Gasteiger partial charge in [0, 0.05) is 17.0 Å². The molecule has 0 atom stereocenters. The average molecular weight is 175 g/mol. The van der Waals surface area contributed by atoms with Crippen LogP contribution in [0.4, 0.5) is 0 Å². The lowest BCUT2D eigenvalue weighted by Gasteiger charge is -1.93. The molecule has 0 radical (unpaired) electrons. The van der Waals surface area contributed by atoms with Crippen molar-refractivity contribution in [1.82, 2.24) is 4.98 Å². The summed E-state index contributed by atoms with van der Waals surface area (Å²) in [5, 5.41) is 0. The normalized spacial score (nSPS) is 11.0. The average Bonchev–Trinajstić information content (AvgIpc) is 2.40. The molecule has 0 aliphatic rings. The van der Waals surface area contributed by atoms with Crippen molar-refractivity contribution < 1.29 is 0 Å². The lowest BCUT2D eigenvalue weighted by molar-refractivity contribution is 1.22. The minimum absolute atomic E-state index is 1.07. The van der Waals surface area contributed by atoms with Crippen LogP contribution in [-0.2, 0) is 0 Å². The molecule has 0 aromatic carbocycles. The Kier molecular flexibility index (Phi) is 3.13. The van der Waals surface area contributed by atoms with E-state index in [9.17, 15) is 0 Å². The van der Waals surface area contributed by atoms with E-state index in [1.807, 2.05) is 6.08 Å². The van der Waals surface area contributed by atoms with Gasteiger partial charge in [0.15, 0.2) is 0 Å². The first-order valence-electron chi connectivity index (χ1n) is 4.68. The van der Waals surface area contributed by atoms with Gasteiger partial charge in [0.1, 0.15) is 0 Å². The van der Waals surface area contributed by atoms with Gasteiger partial charge in [-0.05, 0) is 31.9 Å². The molecular formula is C12H17N. The lowest BCUT2D eigenvalue weighted by atomic mass is 10.1. The molecule has 0 bridgehead atoms. The van der Waals surface area contributed by atoms with Crippen molar-refractivity contribution in [1.29, 1.82) is 0 Å². The Morgan fingerprint density at radius 2 is 2.08 bits per heavy atom. The number of hydrogen-bond acceptors (Lipinski definition) is 0. The summed E-state index contributed by atoms with van der Waals surface area (Å²) in [4.78, 5) is 3.30. The third kappa shape index (κ3) is 1.92. The Morgan fingerprint density at radius 1 is 1.38 bits per heavy atom. The van der Waals surface area contributed by atoms with Crippen molar-refractivity contribution in [3.05, 3.63) is 35.2 Å². The first-order chi connectivity index (χ1) is 6.20. The quantitative estimate of drug-likeness (QED) is 0.721. The minimum atomic E-state index is 1.07. The fraction of sp³-hybridized carbons (Fsp3) is 0.333. The summed E-state index contributed by atoms with van der Waals surface area (Å²) in [6.07, 6.45) is 7.27. The Balaban J connectivity index is 3.15. The van der Waals surface area contributed by atoms with E-state index >= 15 is 0 Å². The van der Waals surface area contributed by atoms with Gasteiger partial charge < -0.3 is 4.98 Å². The first kappa shape index (κ1) is 9.85. The molecule has 0 amide bonds. The Morgan fingerprint density at radius 3 is 2.62 bits per heavy atom. The number of rotatable bonds is 3. The van der Waals surface area contributed by atoms with E-state index in [-0.39, 0.29) is 0 Å². The summed E-state index contributed by atoms with van der Waals surface area (Å²) in [6, 6.07) is 0. The van der Waals surface area contributed by atoms with Crippen molar-refractivity contribution in [3.8, 4) is 0 Å². The zero-order chi connectivity index (χ0) is 9.84.